The molecule has 18 heavy (non-hydrogen) atoms. The molecule has 0 amide bonds. The maximum atomic E-state index is 5.57. The standard InChI is InChI=1S/C13H25N3O2/c1-4-14-12(11-18-10-9-17-3)5-6-13-15-7-8-16(13)2/h7-8,12,14H,4-6,9-11H2,1-3H3. The molecule has 0 saturated heterocycles. The van der Waals surface area contributed by atoms with Crippen LogP contribution in [0.15, 0.2) is 12.4 Å². The Morgan fingerprint density at radius 2 is 2.28 bits per heavy atom. The number of ether oxygens (including phenoxy) is 2. The average molecular weight is 255 g/mol. The monoisotopic (exact) mass is 255 g/mol. The van der Waals surface area contributed by atoms with E-state index in [4.69, 9.17) is 9.47 Å². The number of nitrogens with one attached hydrogen (secondary N) is 1. The molecule has 0 aliphatic heterocycles. The lowest BCUT2D eigenvalue weighted by molar-refractivity contribution is 0.0577. The second-order valence-corrected chi connectivity index (χ2v) is 4.32. The van der Waals surface area contributed by atoms with E-state index < -0.39 is 0 Å². The van der Waals surface area contributed by atoms with Crippen LogP contribution >= 0.6 is 0 Å². The van der Waals surface area contributed by atoms with Crippen molar-refractivity contribution in [3.05, 3.63) is 18.2 Å². The summed E-state index contributed by atoms with van der Waals surface area (Å²) < 4.78 is 12.6. The quantitative estimate of drug-likeness (QED) is 0.634. The number of likely N-dealkylation sites (N-methyl/N-ethyl adjacent to an activating group) is 1. The highest BCUT2D eigenvalue weighted by atomic mass is 16.5. The van der Waals surface area contributed by atoms with Crippen molar-refractivity contribution in [3.63, 3.8) is 0 Å². The maximum Gasteiger partial charge on any atom is 0.108 e. The molecule has 0 radical (unpaired) electrons. The zero-order chi connectivity index (χ0) is 13.2. The van der Waals surface area contributed by atoms with E-state index in [1.54, 1.807) is 7.11 Å². The Morgan fingerprint density at radius 3 is 2.89 bits per heavy atom. The van der Waals surface area contributed by atoms with Gasteiger partial charge in [-0.05, 0) is 13.0 Å². The van der Waals surface area contributed by atoms with Crippen LogP contribution in [0.5, 0.6) is 0 Å². The van der Waals surface area contributed by atoms with Crippen LogP contribution in [0.4, 0.5) is 0 Å². The molecule has 1 heterocycles. The summed E-state index contributed by atoms with van der Waals surface area (Å²) in [5.74, 6) is 1.12. The summed E-state index contributed by atoms with van der Waals surface area (Å²) in [6.45, 7) is 5.10. The summed E-state index contributed by atoms with van der Waals surface area (Å²) in [6.07, 6.45) is 5.82. The molecule has 0 saturated carbocycles. The van der Waals surface area contributed by atoms with Crippen molar-refractivity contribution in [2.24, 2.45) is 7.05 Å². The SMILES string of the molecule is CCNC(CCc1nccn1C)COCCOC. The molecule has 1 aromatic heterocycles. The molecule has 1 rings (SSSR count). The van der Waals surface area contributed by atoms with Crippen molar-refractivity contribution in [1.29, 1.82) is 0 Å². The number of aryl methyl sites for hydroxylation is 2. The Labute approximate surface area is 109 Å². The largest absolute Gasteiger partial charge is 0.382 e. The molecule has 104 valence electrons. The molecule has 1 N–H and O–H groups in total. The molecule has 0 bridgehead atoms. The van der Waals surface area contributed by atoms with Crippen molar-refractivity contribution >= 4 is 0 Å². The van der Waals surface area contributed by atoms with Crippen molar-refractivity contribution in [1.82, 2.24) is 14.9 Å². The Morgan fingerprint density at radius 1 is 1.44 bits per heavy atom. The van der Waals surface area contributed by atoms with Gasteiger partial charge in [0.1, 0.15) is 5.82 Å². The van der Waals surface area contributed by atoms with Crippen molar-refractivity contribution in [3.8, 4) is 0 Å². The van der Waals surface area contributed by atoms with E-state index in [2.05, 4.69) is 21.8 Å². The van der Waals surface area contributed by atoms with Crippen molar-refractivity contribution < 1.29 is 9.47 Å². The summed E-state index contributed by atoms with van der Waals surface area (Å²) in [6, 6.07) is 0.378. The van der Waals surface area contributed by atoms with E-state index in [-0.39, 0.29) is 0 Å². The molecule has 0 aromatic carbocycles. The Hall–Kier alpha value is -0.910. The van der Waals surface area contributed by atoms with Crippen LogP contribution in [0.2, 0.25) is 0 Å². The Kier molecular flexibility index (Phi) is 7.64. The first-order valence-electron chi connectivity index (χ1n) is 6.54. The first-order valence-corrected chi connectivity index (χ1v) is 6.54. The Bertz CT molecular complexity index is 315. The average Bonchev–Trinajstić information content (AvgIpc) is 2.77. The van der Waals surface area contributed by atoms with Gasteiger partial charge in [-0.15, -0.1) is 0 Å². The lowest BCUT2D eigenvalue weighted by atomic mass is 10.1. The minimum absolute atomic E-state index is 0.378. The molecule has 0 fully saturated rings. The first kappa shape index (κ1) is 15.1. The second kappa shape index (κ2) is 9.08. The summed E-state index contributed by atoms with van der Waals surface area (Å²) in [4.78, 5) is 4.33. The summed E-state index contributed by atoms with van der Waals surface area (Å²) >= 11 is 0. The molecule has 0 aliphatic rings. The minimum atomic E-state index is 0.378. The molecule has 1 unspecified atom stereocenters. The van der Waals surface area contributed by atoms with Crippen LogP contribution in [-0.2, 0) is 22.9 Å². The van der Waals surface area contributed by atoms with E-state index >= 15 is 0 Å². The highest BCUT2D eigenvalue weighted by Gasteiger charge is 2.09. The normalized spacial score (nSPS) is 12.8. The summed E-state index contributed by atoms with van der Waals surface area (Å²) in [5, 5.41) is 3.44. The summed E-state index contributed by atoms with van der Waals surface area (Å²) in [7, 11) is 3.71. The molecule has 1 aromatic rings. The smallest absolute Gasteiger partial charge is 0.108 e. The van der Waals surface area contributed by atoms with Gasteiger partial charge in [0.15, 0.2) is 0 Å². The van der Waals surface area contributed by atoms with Gasteiger partial charge in [-0.2, -0.15) is 0 Å². The minimum Gasteiger partial charge on any atom is -0.382 e. The van der Waals surface area contributed by atoms with E-state index in [0.717, 1.165) is 31.8 Å². The fraction of sp³-hybridized carbons (Fsp3) is 0.769. The lowest BCUT2D eigenvalue weighted by Gasteiger charge is -2.17. The highest BCUT2D eigenvalue weighted by molar-refractivity contribution is 4.92. The third kappa shape index (κ3) is 5.62. The van der Waals surface area contributed by atoms with E-state index in [1.165, 1.54) is 0 Å². The zero-order valence-electron chi connectivity index (χ0n) is 11.7. The molecular weight excluding hydrogens is 230 g/mol. The number of hydrogen-bond acceptors (Lipinski definition) is 4. The number of rotatable bonds is 10. The zero-order valence-corrected chi connectivity index (χ0v) is 11.7. The predicted octanol–water partition coefficient (Wildman–Crippen LogP) is 0.994. The molecular formula is C13H25N3O2. The van der Waals surface area contributed by atoms with Crippen LogP contribution in [0.25, 0.3) is 0 Å². The fourth-order valence-electron chi connectivity index (χ4n) is 1.84. The molecule has 1 atom stereocenters. The molecule has 5 heteroatoms. The second-order valence-electron chi connectivity index (χ2n) is 4.32. The van der Waals surface area contributed by atoms with Gasteiger partial charge in [-0.3, -0.25) is 0 Å². The number of methoxy groups -OCH3 is 1. The fourth-order valence-corrected chi connectivity index (χ4v) is 1.84. The molecule has 0 spiro atoms. The molecule has 5 nitrogen and oxygen atoms in total. The first-order chi connectivity index (χ1) is 8.77. The summed E-state index contributed by atoms with van der Waals surface area (Å²) in [5.41, 5.74) is 0. The van der Waals surface area contributed by atoms with E-state index in [9.17, 15) is 0 Å². The van der Waals surface area contributed by atoms with Gasteiger partial charge in [0.25, 0.3) is 0 Å². The number of imidazole rings is 1. The highest BCUT2D eigenvalue weighted by Crippen LogP contribution is 2.03. The third-order valence-electron chi connectivity index (χ3n) is 2.88. The van der Waals surface area contributed by atoms with Crippen LogP contribution < -0.4 is 5.32 Å². The predicted molar refractivity (Wildman–Crippen MR) is 71.7 cm³/mol. The van der Waals surface area contributed by atoms with E-state index in [0.29, 0.717) is 19.3 Å². The third-order valence-corrected chi connectivity index (χ3v) is 2.88. The number of hydrogen-bond donors (Lipinski definition) is 1. The van der Waals surface area contributed by atoms with Crippen LogP contribution in [0, 0.1) is 0 Å². The van der Waals surface area contributed by atoms with Crippen LogP contribution in [-0.4, -0.2) is 49.1 Å². The Balaban J connectivity index is 2.26. The maximum absolute atomic E-state index is 5.57. The van der Waals surface area contributed by atoms with Gasteiger partial charge < -0.3 is 19.4 Å². The van der Waals surface area contributed by atoms with Crippen molar-refractivity contribution in [2.45, 2.75) is 25.8 Å². The van der Waals surface area contributed by atoms with Gasteiger partial charge in [-0.1, -0.05) is 6.92 Å². The van der Waals surface area contributed by atoms with E-state index in [1.807, 2.05) is 19.4 Å². The lowest BCUT2D eigenvalue weighted by Crippen LogP contribution is -2.34. The van der Waals surface area contributed by atoms with Gasteiger partial charge >= 0.3 is 0 Å². The van der Waals surface area contributed by atoms with Crippen molar-refractivity contribution in [2.75, 3.05) is 33.5 Å². The van der Waals surface area contributed by atoms with Crippen LogP contribution in [0.3, 0.4) is 0 Å². The van der Waals surface area contributed by atoms with Gasteiger partial charge in [0.05, 0.1) is 19.8 Å². The number of nitrogens with zero attached hydrogens (tertiary/aromatic N) is 2. The number of aromatic nitrogens is 2. The topological polar surface area (TPSA) is 48.3 Å². The van der Waals surface area contributed by atoms with Gasteiger partial charge in [0.2, 0.25) is 0 Å². The van der Waals surface area contributed by atoms with Crippen LogP contribution in [0.1, 0.15) is 19.2 Å². The molecule has 0 aliphatic carbocycles. The van der Waals surface area contributed by atoms with Gasteiger partial charge in [-0.25, -0.2) is 4.98 Å². The van der Waals surface area contributed by atoms with Gasteiger partial charge in [0, 0.05) is 39.0 Å².